The van der Waals surface area contributed by atoms with Crippen LogP contribution in [0.2, 0.25) is 0 Å². The summed E-state index contributed by atoms with van der Waals surface area (Å²) in [7, 11) is 1.98. The summed E-state index contributed by atoms with van der Waals surface area (Å²) in [6, 6.07) is 6.45. The second-order valence-electron chi connectivity index (χ2n) is 4.33. The number of benzene rings is 1. The number of ether oxygens (including phenoxy) is 2. The molecule has 1 aromatic carbocycles. The number of hydrogen-bond donors (Lipinski definition) is 1. The molecule has 1 aromatic rings. The van der Waals surface area contributed by atoms with Crippen LogP contribution in [0, 0.1) is 0 Å². The normalized spacial score (nSPS) is 17.3. The van der Waals surface area contributed by atoms with Gasteiger partial charge in [-0.2, -0.15) is 0 Å². The van der Waals surface area contributed by atoms with E-state index in [1.165, 1.54) is 11.1 Å². The van der Waals surface area contributed by atoms with Crippen LogP contribution in [0.15, 0.2) is 18.2 Å². The minimum absolute atomic E-state index is 0.0257. The van der Waals surface area contributed by atoms with Gasteiger partial charge in [0.2, 0.25) is 0 Å². The third kappa shape index (κ3) is 2.82. The van der Waals surface area contributed by atoms with Gasteiger partial charge >= 0.3 is 5.97 Å². The Hall–Kier alpha value is -1.55. The Kier molecular flexibility index (Phi) is 4.20. The van der Waals surface area contributed by atoms with Crippen LogP contribution in [-0.2, 0) is 16.0 Å². The molecule has 1 N–H and O–H groups in total. The van der Waals surface area contributed by atoms with Crippen molar-refractivity contribution in [2.75, 3.05) is 20.3 Å². The molecule has 0 saturated carbocycles. The highest BCUT2D eigenvalue weighted by Crippen LogP contribution is 2.33. The average molecular weight is 249 g/mol. The summed E-state index contributed by atoms with van der Waals surface area (Å²) in [6.45, 7) is 2.14. The lowest BCUT2D eigenvalue weighted by Crippen LogP contribution is -2.15. The number of rotatable bonds is 5. The highest BCUT2D eigenvalue weighted by Gasteiger charge is 2.21. The molecule has 0 radical (unpaired) electrons. The Bertz CT molecular complexity index is 431. The second kappa shape index (κ2) is 5.87. The molecule has 4 nitrogen and oxygen atoms in total. The summed E-state index contributed by atoms with van der Waals surface area (Å²) < 4.78 is 10.2. The zero-order chi connectivity index (χ0) is 13.0. The van der Waals surface area contributed by atoms with E-state index < -0.39 is 0 Å². The molecule has 1 aliphatic carbocycles. The number of fused-ring (bicyclic) bond motifs is 1. The molecular formula is C14H19NO3. The van der Waals surface area contributed by atoms with Gasteiger partial charge in [0.15, 0.2) is 6.61 Å². The van der Waals surface area contributed by atoms with E-state index >= 15 is 0 Å². The van der Waals surface area contributed by atoms with Gasteiger partial charge in [0, 0.05) is 6.04 Å². The maximum atomic E-state index is 11.2. The van der Waals surface area contributed by atoms with E-state index in [-0.39, 0.29) is 12.6 Å². The van der Waals surface area contributed by atoms with Crippen LogP contribution in [0.4, 0.5) is 0 Å². The quantitative estimate of drug-likeness (QED) is 0.809. The maximum absolute atomic E-state index is 11.2. The molecule has 4 heteroatoms. The first-order valence-corrected chi connectivity index (χ1v) is 6.33. The number of aryl methyl sites for hydroxylation is 1. The first kappa shape index (κ1) is 12.9. The molecule has 18 heavy (non-hydrogen) atoms. The molecule has 0 fully saturated rings. The van der Waals surface area contributed by atoms with E-state index in [0.29, 0.717) is 12.6 Å². The number of nitrogens with one attached hydrogen (secondary N) is 1. The first-order chi connectivity index (χ1) is 8.74. The third-order valence-electron chi connectivity index (χ3n) is 3.20. The van der Waals surface area contributed by atoms with Gasteiger partial charge < -0.3 is 14.8 Å². The van der Waals surface area contributed by atoms with Crippen LogP contribution in [0.1, 0.15) is 30.5 Å². The van der Waals surface area contributed by atoms with E-state index in [4.69, 9.17) is 9.47 Å². The molecule has 98 valence electrons. The molecule has 1 unspecified atom stereocenters. The fourth-order valence-corrected chi connectivity index (χ4v) is 2.33. The minimum Gasteiger partial charge on any atom is -0.482 e. The lowest BCUT2D eigenvalue weighted by Gasteiger charge is -2.11. The zero-order valence-corrected chi connectivity index (χ0v) is 10.9. The molecule has 0 amide bonds. The van der Waals surface area contributed by atoms with Crippen molar-refractivity contribution < 1.29 is 14.3 Å². The second-order valence-corrected chi connectivity index (χ2v) is 4.33. The summed E-state index contributed by atoms with van der Waals surface area (Å²) in [5, 5.41) is 3.29. The van der Waals surface area contributed by atoms with E-state index in [9.17, 15) is 4.79 Å². The molecule has 1 aliphatic rings. The molecule has 2 rings (SSSR count). The van der Waals surface area contributed by atoms with Gasteiger partial charge in [-0.1, -0.05) is 6.07 Å². The summed E-state index contributed by atoms with van der Waals surface area (Å²) in [5.74, 6) is 0.407. The first-order valence-electron chi connectivity index (χ1n) is 6.33. The Balaban J connectivity index is 1.98. The number of hydrogen-bond acceptors (Lipinski definition) is 4. The van der Waals surface area contributed by atoms with Crippen LogP contribution in [0.5, 0.6) is 5.75 Å². The average Bonchev–Trinajstić information content (AvgIpc) is 2.79. The number of carbonyl (C=O) groups excluding carboxylic acids is 1. The summed E-state index contributed by atoms with van der Waals surface area (Å²) in [5.41, 5.74) is 2.64. The van der Waals surface area contributed by atoms with Gasteiger partial charge in [-0.25, -0.2) is 4.79 Å². The van der Waals surface area contributed by atoms with Crippen molar-refractivity contribution >= 4 is 5.97 Å². The predicted octanol–water partition coefficient (Wildman–Crippen LogP) is 1.84. The van der Waals surface area contributed by atoms with Gasteiger partial charge in [0.25, 0.3) is 0 Å². The van der Waals surface area contributed by atoms with E-state index in [1.54, 1.807) is 6.92 Å². The van der Waals surface area contributed by atoms with Gasteiger partial charge in [0.05, 0.1) is 6.61 Å². The van der Waals surface area contributed by atoms with Gasteiger partial charge in [0.1, 0.15) is 5.75 Å². The molecule has 0 heterocycles. The largest absolute Gasteiger partial charge is 0.482 e. The summed E-state index contributed by atoms with van der Waals surface area (Å²) in [6.07, 6.45) is 2.17. The monoisotopic (exact) mass is 249 g/mol. The van der Waals surface area contributed by atoms with Crippen LogP contribution in [0.3, 0.4) is 0 Å². The smallest absolute Gasteiger partial charge is 0.344 e. The molecule has 0 aromatic heterocycles. The van der Waals surface area contributed by atoms with Crippen molar-refractivity contribution in [2.24, 2.45) is 0 Å². The standard InChI is InChI=1S/C14H19NO3/c1-3-17-14(16)9-18-11-5-6-12-10(8-11)4-7-13(12)15-2/h5-6,8,13,15H,3-4,7,9H2,1-2H3. The molecular weight excluding hydrogens is 230 g/mol. The van der Waals surface area contributed by atoms with Crippen LogP contribution in [-0.4, -0.2) is 26.2 Å². The topological polar surface area (TPSA) is 47.6 Å². The predicted molar refractivity (Wildman–Crippen MR) is 68.7 cm³/mol. The van der Waals surface area contributed by atoms with Gasteiger partial charge in [-0.15, -0.1) is 0 Å². The van der Waals surface area contributed by atoms with Crippen molar-refractivity contribution in [2.45, 2.75) is 25.8 Å². The molecule has 0 bridgehead atoms. The van der Waals surface area contributed by atoms with Gasteiger partial charge in [-0.05, 0) is 50.1 Å². The third-order valence-corrected chi connectivity index (χ3v) is 3.20. The zero-order valence-electron chi connectivity index (χ0n) is 10.9. The van der Waals surface area contributed by atoms with Crippen LogP contribution >= 0.6 is 0 Å². The maximum Gasteiger partial charge on any atom is 0.344 e. The Morgan fingerprint density at radius 3 is 3.06 bits per heavy atom. The SMILES string of the molecule is CCOC(=O)COc1ccc2c(c1)CCC2NC. The highest BCUT2D eigenvalue weighted by molar-refractivity contribution is 5.71. The number of esters is 1. The molecule has 1 atom stereocenters. The van der Waals surface area contributed by atoms with Crippen molar-refractivity contribution in [3.05, 3.63) is 29.3 Å². The van der Waals surface area contributed by atoms with Crippen molar-refractivity contribution in [1.82, 2.24) is 5.32 Å². The lowest BCUT2D eigenvalue weighted by atomic mass is 10.1. The van der Waals surface area contributed by atoms with Crippen molar-refractivity contribution in [3.8, 4) is 5.75 Å². The molecule has 0 aliphatic heterocycles. The highest BCUT2D eigenvalue weighted by atomic mass is 16.6. The molecule has 0 saturated heterocycles. The van der Waals surface area contributed by atoms with E-state index in [0.717, 1.165) is 18.6 Å². The summed E-state index contributed by atoms with van der Waals surface area (Å²) >= 11 is 0. The summed E-state index contributed by atoms with van der Waals surface area (Å²) in [4.78, 5) is 11.2. The van der Waals surface area contributed by atoms with Crippen LogP contribution in [0.25, 0.3) is 0 Å². The molecule has 0 spiro atoms. The minimum atomic E-state index is -0.328. The fraction of sp³-hybridized carbons (Fsp3) is 0.500. The Morgan fingerprint density at radius 2 is 2.33 bits per heavy atom. The van der Waals surface area contributed by atoms with Crippen molar-refractivity contribution in [1.29, 1.82) is 0 Å². The number of carbonyl (C=O) groups is 1. The fourth-order valence-electron chi connectivity index (χ4n) is 2.33. The van der Waals surface area contributed by atoms with Gasteiger partial charge in [-0.3, -0.25) is 0 Å². The van der Waals surface area contributed by atoms with E-state index in [1.807, 2.05) is 19.2 Å². The van der Waals surface area contributed by atoms with Crippen LogP contribution < -0.4 is 10.1 Å². The lowest BCUT2D eigenvalue weighted by molar-refractivity contribution is -0.145. The Labute approximate surface area is 107 Å². The van der Waals surface area contributed by atoms with E-state index in [2.05, 4.69) is 11.4 Å². The van der Waals surface area contributed by atoms with Crippen molar-refractivity contribution in [3.63, 3.8) is 0 Å². The Morgan fingerprint density at radius 1 is 1.50 bits per heavy atom.